The Morgan fingerprint density at radius 1 is 1.47 bits per heavy atom. The minimum absolute atomic E-state index is 0.152. The molecule has 1 aliphatic heterocycles. The first-order valence-corrected chi connectivity index (χ1v) is 8.02. The summed E-state index contributed by atoms with van der Waals surface area (Å²) in [5.41, 5.74) is 0.391. The molecule has 1 saturated heterocycles. The second-order valence-corrected chi connectivity index (χ2v) is 6.48. The molecule has 1 aliphatic rings. The second-order valence-electron chi connectivity index (χ2n) is 4.70. The number of nitrogens with zero attached hydrogens (tertiary/aromatic N) is 2. The summed E-state index contributed by atoms with van der Waals surface area (Å²) in [6.07, 6.45) is 4.24. The number of aromatic nitrogens is 1. The fourth-order valence-electron chi connectivity index (χ4n) is 2.21. The van der Waals surface area contributed by atoms with E-state index in [1.54, 1.807) is 29.3 Å². The van der Waals surface area contributed by atoms with Crippen molar-refractivity contribution in [1.82, 2.24) is 14.6 Å². The lowest BCUT2D eigenvalue weighted by Crippen LogP contribution is -2.49. The topological polar surface area (TPSA) is 79.4 Å². The SMILES string of the molecule is CS(=O)(=O)NC1CCCN(C(=O)c2ccccn2)C1. The molecule has 1 amide bonds. The summed E-state index contributed by atoms with van der Waals surface area (Å²) in [6, 6.07) is 4.96. The van der Waals surface area contributed by atoms with Crippen LogP contribution in [0.3, 0.4) is 0 Å². The van der Waals surface area contributed by atoms with E-state index in [-0.39, 0.29) is 11.9 Å². The maximum Gasteiger partial charge on any atom is 0.272 e. The molecule has 1 unspecified atom stereocenters. The number of hydrogen-bond donors (Lipinski definition) is 1. The number of sulfonamides is 1. The van der Waals surface area contributed by atoms with Gasteiger partial charge >= 0.3 is 0 Å². The number of pyridine rings is 1. The van der Waals surface area contributed by atoms with E-state index in [1.165, 1.54) is 0 Å². The molecule has 0 bridgehead atoms. The summed E-state index contributed by atoms with van der Waals surface area (Å²) in [7, 11) is -3.24. The van der Waals surface area contributed by atoms with Crippen molar-refractivity contribution in [2.24, 2.45) is 0 Å². The summed E-state index contributed by atoms with van der Waals surface area (Å²) < 4.78 is 25.0. The van der Waals surface area contributed by atoms with Crippen LogP contribution in [0.4, 0.5) is 0 Å². The zero-order valence-electron chi connectivity index (χ0n) is 10.7. The Balaban J connectivity index is 2.03. The van der Waals surface area contributed by atoms with Gasteiger partial charge in [-0.15, -0.1) is 0 Å². The molecule has 2 rings (SSSR count). The van der Waals surface area contributed by atoms with Gasteiger partial charge < -0.3 is 4.90 Å². The molecule has 104 valence electrons. The number of carbonyl (C=O) groups is 1. The molecule has 1 aromatic rings. The van der Waals surface area contributed by atoms with Crippen LogP contribution in [-0.2, 0) is 10.0 Å². The quantitative estimate of drug-likeness (QED) is 0.861. The van der Waals surface area contributed by atoms with Gasteiger partial charge in [0.05, 0.1) is 6.26 Å². The van der Waals surface area contributed by atoms with E-state index in [9.17, 15) is 13.2 Å². The molecule has 0 spiro atoms. The molecule has 0 saturated carbocycles. The molecular weight excluding hydrogens is 266 g/mol. The Hall–Kier alpha value is -1.47. The molecule has 19 heavy (non-hydrogen) atoms. The average Bonchev–Trinajstić information content (AvgIpc) is 2.37. The molecule has 0 radical (unpaired) electrons. The highest BCUT2D eigenvalue weighted by Gasteiger charge is 2.26. The summed E-state index contributed by atoms with van der Waals surface area (Å²) in [5.74, 6) is -0.152. The number of hydrogen-bond acceptors (Lipinski definition) is 4. The van der Waals surface area contributed by atoms with E-state index in [0.717, 1.165) is 19.1 Å². The van der Waals surface area contributed by atoms with Crippen molar-refractivity contribution in [3.8, 4) is 0 Å². The monoisotopic (exact) mass is 283 g/mol. The standard InChI is InChI=1S/C12H17N3O3S/c1-19(17,18)14-10-5-4-8-15(9-10)12(16)11-6-2-3-7-13-11/h2-3,6-7,10,14H,4-5,8-9H2,1H3. The first-order valence-electron chi connectivity index (χ1n) is 6.13. The van der Waals surface area contributed by atoms with Gasteiger partial charge in [-0.05, 0) is 25.0 Å². The number of likely N-dealkylation sites (tertiary alicyclic amines) is 1. The summed E-state index contributed by atoms with van der Waals surface area (Å²) >= 11 is 0. The van der Waals surface area contributed by atoms with Crippen molar-refractivity contribution in [1.29, 1.82) is 0 Å². The van der Waals surface area contributed by atoms with E-state index in [1.807, 2.05) is 0 Å². The van der Waals surface area contributed by atoms with Crippen molar-refractivity contribution >= 4 is 15.9 Å². The summed E-state index contributed by atoms with van der Waals surface area (Å²) in [5, 5.41) is 0. The van der Waals surface area contributed by atoms with Gasteiger partial charge in [-0.2, -0.15) is 0 Å². The Kier molecular flexibility index (Phi) is 4.16. The molecule has 1 atom stereocenters. The highest BCUT2D eigenvalue weighted by Crippen LogP contribution is 2.13. The lowest BCUT2D eigenvalue weighted by molar-refractivity contribution is 0.0697. The van der Waals surface area contributed by atoms with Crippen molar-refractivity contribution < 1.29 is 13.2 Å². The Morgan fingerprint density at radius 2 is 2.26 bits per heavy atom. The van der Waals surface area contributed by atoms with Crippen molar-refractivity contribution in [2.45, 2.75) is 18.9 Å². The number of carbonyl (C=O) groups excluding carboxylic acids is 1. The third-order valence-electron chi connectivity index (χ3n) is 2.97. The highest BCUT2D eigenvalue weighted by molar-refractivity contribution is 7.88. The zero-order chi connectivity index (χ0) is 13.9. The van der Waals surface area contributed by atoms with E-state index in [2.05, 4.69) is 9.71 Å². The molecule has 7 heteroatoms. The van der Waals surface area contributed by atoms with E-state index >= 15 is 0 Å². The first kappa shape index (κ1) is 14.0. The predicted molar refractivity (Wildman–Crippen MR) is 71.1 cm³/mol. The largest absolute Gasteiger partial charge is 0.336 e. The minimum atomic E-state index is -3.24. The number of rotatable bonds is 3. The Labute approximate surface area is 112 Å². The second kappa shape index (κ2) is 5.66. The van der Waals surface area contributed by atoms with Crippen LogP contribution < -0.4 is 4.72 Å². The van der Waals surface area contributed by atoms with Gasteiger partial charge in [-0.25, -0.2) is 13.1 Å². The van der Waals surface area contributed by atoms with Crippen LogP contribution in [0.25, 0.3) is 0 Å². The van der Waals surface area contributed by atoms with Crippen LogP contribution in [0.15, 0.2) is 24.4 Å². The molecule has 2 heterocycles. The van der Waals surface area contributed by atoms with Crippen LogP contribution in [0.5, 0.6) is 0 Å². The fourth-order valence-corrected chi connectivity index (χ4v) is 3.01. The third kappa shape index (κ3) is 4.00. The van der Waals surface area contributed by atoms with Crippen molar-refractivity contribution in [2.75, 3.05) is 19.3 Å². The fraction of sp³-hybridized carbons (Fsp3) is 0.500. The maximum absolute atomic E-state index is 12.2. The predicted octanol–water partition coefficient (Wildman–Crippen LogP) is 0.235. The molecule has 6 nitrogen and oxygen atoms in total. The number of piperidine rings is 1. The normalized spacial score (nSPS) is 20.3. The first-order chi connectivity index (χ1) is 8.96. The molecule has 0 aromatic carbocycles. The van der Waals surface area contributed by atoms with Crippen LogP contribution in [0.2, 0.25) is 0 Å². The zero-order valence-corrected chi connectivity index (χ0v) is 11.6. The van der Waals surface area contributed by atoms with Gasteiger partial charge in [0.1, 0.15) is 5.69 Å². The van der Waals surface area contributed by atoms with Gasteiger partial charge in [0.15, 0.2) is 0 Å². The molecule has 1 N–H and O–H groups in total. The maximum atomic E-state index is 12.2. The van der Waals surface area contributed by atoms with Crippen LogP contribution in [0, 0.1) is 0 Å². The lowest BCUT2D eigenvalue weighted by Gasteiger charge is -2.32. The van der Waals surface area contributed by atoms with E-state index in [4.69, 9.17) is 0 Å². The third-order valence-corrected chi connectivity index (χ3v) is 3.73. The highest BCUT2D eigenvalue weighted by atomic mass is 32.2. The summed E-state index contributed by atoms with van der Waals surface area (Å²) in [6.45, 7) is 1.03. The van der Waals surface area contributed by atoms with Crippen LogP contribution >= 0.6 is 0 Å². The van der Waals surface area contributed by atoms with E-state index < -0.39 is 10.0 Å². The molecule has 1 aromatic heterocycles. The summed E-state index contributed by atoms with van der Waals surface area (Å²) in [4.78, 5) is 17.9. The van der Waals surface area contributed by atoms with Crippen LogP contribution in [-0.4, -0.2) is 49.6 Å². The number of nitrogens with one attached hydrogen (secondary N) is 1. The van der Waals surface area contributed by atoms with Gasteiger partial charge in [0, 0.05) is 25.3 Å². The van der Waals surface area contributed by atoms with Crippen LogP contribution in [0.1, 0.15) is 23.3 Å². The van der Waals surface area contributed by atoms with Gasteiger partial charge in [0.25, 0.3) is 5.91 Å². The van der Waals surface area contributed by atoms with Gasteiger partial charge in [-0.1, -0.05) is 6.07 Å². The average molecular weight is 283 g/mol. The minimum Gasteiger partial charge on any atom is -0.336 e. The smallest absolute Gasteiger partial charge is 0.272 e. The van der Waals surface area contributed by atoms with Gasteiger partial charge in [-0.3, -0.25) is 9.78 Å². The van der Waals surface area contributed by atoms with Gasteiger partial charge in [0.2, 0.25) is 10.0 Å². The van der Waals surface area contributed by atoms with E-state index in [0.29, 0.717) is 18.8 Å². The molecule has 0 aliphatic carbocycles. The Bertz CT molecular complexity index is 545. The molecule has 1 fully saturated rings. The lowest BCUT2D eigenvalue weighted by atomic mass is 10.1. The van der Waals surface area contributed by atoms with Crippen molar-refractivity contribution in [3.63, 3.8) is 0 Å². The molecular formula is C12H17N3O3S. The number of amides is 1. The van der Waals surface area contributed by atoms with Crippen molar-refractivity contribution in [3.05, 3.63) is 30.1 Å². The Morgan fingerprint density at radius 3 is 2.89 bits per heavy atom.